The lowest BCUT2D eigenvalue weighted by Crippen LogP contribution is -2.36. The standard InChI is InChI=1S/C16H22N2O3/c1-3-11-8-13(14(9-11)16(20)21)15(19)18-10(2)12-4-6-17-7-5-12/h4-7,10-11,13-14H,3,8-9H2,1-2H3,(H,18,19)(H,20,21). The highest BCUT2D eigenvalue weighted by atomic mass is 16.4. The zero-order valence-electron chi connectivity index (χ0n) is 12.5. The summed E-state index contributed by atoms with van der Waals surface area (Å²) in [5.74, 6) is -1.65. The molecule has 114 valence electrons. The van der Waals surface area contributed by atoms with E-state index in [1.807, 2.05) is 26.0 Å². The van der Waals surface area contributed by atoms with Crippen LogP contribution in [-0.2, 0) is 9.59 Å². The monoisotopic (exact) mass is 290 g/mol. The van der Waals surface area contributed by atoms with Gasteiger partial charge in [-0.15, -0.1) is 0 Å². The van der Waals surface area contributed by atoms with Crippen LogP contribution in [0.4, 0.5) is 0 Å². The number of aromatic nitrogens is 1. The number of carboxylic acids is 1. The molecule has 4 atom stereocenters. The zero-order valence-corrected chi connectivity index (χ0v) is 12.5. The molecule has 1 saturated carbocycles. The smallest absolute Gasteiger partial charge is 0.307 e. The molecule has 1 aliphatic rings. The second kappa shape index (κ2) is 6.70. The number of amides is 1. The van der Waals surface area contributed by atoms with Gasteiger partial charge in [-0.05, 0) is 43.4 Å². The summed E-state index contributed by atoms with van der Waals surface area (Å²) >= 11 is 0. The fraction of sp³-hybridized carbons (Fsp3) is 0.562. The van der Waals surface area contributed by atoms with Crippen molar-refractivity contribution in [2.45, 2.75) is 39.2 Å². The highest BCUT2D eigenvalue weighted by Gasteiger charge is 2.42. The van der Waals surface area contributed by atoms with Crippen molar-refractivity contribution in [1.29, 1.82) is 0 Å². The van der Waals surface area contributed by atoms with Crippen LogP contribution in [0.3, 0.4) is 0 Å². The first kappa shape index (κ1) is 15.5. The van der Waals surface area contributed by atoms with Gasteiger partial charge in [0.15, 0.2) is 0 Å². The molecule has 0 radical (unpaired) electrons. The first-order chi connectivity index (χ1) is 10.0. The number of hydrogen-bond acceptors (Lipinski definition) is 3. The Balaban J connectivity index is 2.03. The molecule has 1 aromatic heterocycles. The van der Waals surface area contributed by atoms with Gasteiger partial charge in [-0.2, -0.15) is 0 Å². The van der Waals surface area contributed by atoms with Crippen LogP contribution in [0.1, 0.15) is 44.7 Å². The Hall–Kier alpha value is -1.91. The lowest BCUT2D eigenvalue weighted by atomic mass is 9.95. The molecule has 5 nitrogen and oxygen atoms in total. The molecule has 4 unspecified atom stereocenters. The molecule has 2 rings (SSSR count). The molecule has 1 fully saturated rings. The Morgan fingerprint density at radius 3 is 2.52 bits per heavy atom. The third-order valence-electron chi connectivity index (χ3n) is 4.46. The summed E-state index contributed by atoms with van der Waals surface area (Å²) < 4.78 is 0. The van der Waals surface area contributed by atoms with E-state index in [2.05, 4.69) is 10.3 Å². The number of carbonyl (C=O) groups excluding carboxylic acids is 1. The number of rotatable bonds is 5. The van der Waals surface area contributed by atoms with Gasteiger partial charge in [-0.3, -0.25) is 14.6 Å². The zero-order chi connectivity index (χ0) is 15.4. The maximum absolute atomic E-state index is 12.4. The van der Waals surface area contributed by atoms with E-state index in [1.165, 1.54) is 0 Å². The number of hydrogen-bond donors (Lipinski definition) is 2. The minimum atomic E-state index is -0.859. The fourth-order valence-electron chi connectivity index (χ4n) is 3.09. The van der Waals surface area contributed by atoms with Gasteiger partial charge in [-0.1, -0.05) is 13.3 Å². The Bertz CT molecular complexity index is 504. The molecule has 0 spiro atoms. The highest BCUT2D eigenvalue weighted by molar-refractivity contribution is 5.85. The van der Waals surface area contributed by atoms with Crippen LogP contribution >= 0.6 is 0 Å². The number of carboxylic acid groups (broad SMARTS) is 1. The van der Waals surface area contributed by atoms with E-state index >= 15 is 0 Å². The molecule has 0 aliphatic heterocycles. The van der Waals surface area contributed by atoms with Crippen LogP contribution in [0.5, 0.6) is 0 Å². The summed E-state index contributed by atoms with van der Waals surface area (Å²) in [5.41, 5.74) is 0.968. The largest absolute Gasteiger partial charge is 0.481 e. The lowest BCUT2D eigenvalue weighted by molar-refractivity contribution is -0.146. The Kier molecular flexibility index (Phi) is 4.94. The SMILES string of the molecule is CCC1CC(C(=O)O)C(C(=O)NC(C)c2ccncc2)C1. The first-order valence-electron chi connectivity index (χ1n) is 7.46. The number of nitrogens with one attached hydrogen (secondary N) is 1. The molecule has 2 N–H and O–H groups in total. The van der Waals surface area contributed by atoms with Crippen LogP contribution in [0.2, 0.25) is 0 Å². The van der Waals surface area contributed by atoms with Gasteiger partial charge in [0.1, 0.15) is 0 Å². The quantitative estimate of drug-likeness (QED) is 0.872. The molecule has 0 aromatic carbocycles. The summed E-state index contributed by atoms with van der Waals surface area (Å²) in [5, 5.41) is 12.2. The molecule has 1 aromatic rings. The van der Waals surface area contributed by atoms with Crippen molar-refractivity contribution in [3.63, 3.8) is 0 Å². The summed E-state index contributed by atoms with van der Waals surface area (Å²) in [4.78, 5) is 27.7. The summed E-state index contributed by atoms with van der Waals surface area (Å²) in [6.07, 6.45) is 5.56. The van der Waals surface area contributed by atoms with E-state index in [4.69, 9.17) is 0 Å². The summed E-state index contributed by atoms with van der Waals surface area (Å²) in [7, 11) is 0. The second-order valence-electron chi connectivity index (χ2n) is 5.81. The van der Waals surface area contributed by atoms with Crippen molar-refractivity contribution in [3.05, 3.63) is 30.1 Å². The van der Waals surface area contributed by atoms with Gasteiger partial charge < -0.3 is 10.4 Å². The maximum Gasteiger partial charge on any atom is 0.307 e. The normalized spacial score (nSPS) is 26.3. The Morgan fingerprint density at radius 2 is 1.95 bits per heavy atom. The van der Waals surface area contributed by atoms with Crippen LogP contribution < -0.4 is 5.32 Å². The Labute approximate surface area is 124 Å². The molecule has 5 heteroatoms. The van der Waals surface area contributed by atoms with E-state index in [0.29, 0.717) is 18.8 Å². The van der Waals surface area contributed by atoms with Crippen LogP contribution in [-0.4, -0.2) is 22.0 Å². The van der Waals surface area contributed by atoms with Gasteiger partial charge in [0.25, 0.3) is 0 Å². The molecule has 1 aliphatic carbocycles. The minimum Gasteiger partial charge on any atom is -0.481 e. The molecule has 0 saturated heterocycles. The highest BCUT2D eigenvalue weighted by Crippen LogP contribution is 2.38. The average Bonchev–Trinajstić information content (AvgIpc) is 2.92. The number of carbonyl (C=O) groups is 2. The van der Waals surface area contributed by atoms with E-state index in [0.717, 1.165) is 12.0 Å². The average molecular weight is 290 g/mol. The van der Waals surface area contributed by atoms with Crippen LogP contribution in [0.25, 0.3) is 0 Å². The molecule has 0 bridgehead atoms. The van der Waals surface area contributed by atoms with E-state index in [-0.39, 0.29) is 11.9 Å². The van der Waals surface area contributed by atoms with Crippen molar-refractivity contribution in [1.82, 2.24) is 10.3 Å². The van der Waals surface area contributed by atoms with Gasteiger partial charge >= 0.3 is 5.97 Å². The third kappa shape index (κ3) is 3.60. The van der Waals surface area contributed by atoms with E-state index in [9.17, 15) is 14.7 Å². The molecular weight excluding hydrogens is 268 g/mol. The first-order valence-corrected chi connectivity index (χ1v) is 7.46. The predicted molar refractivity (Wildman–Crippen MR) is 78.4 cm³/mol. The van der Waals surface area contributed by atoms with E-state index < -0.39 is 17.8 Å². The van der Waals surface area contributed by atoms with Gasteiger partial charge in [0.05, 0.1) is 17.9 Å². The molecular formula is C16H22N2O3. The molecule has 1 heterocycles. The minimum absolute atomic E-state index is 0.143. The lowest BCUT2D eigenvalue weighted by Gasteiger charge is -2.20. The fourth-order valence-corrected chi connectivity index (χ4v) is 3.09. The second-order valence-corrected chi connectivity index (χ2v) is 5.81. The third-order valence-corrected chi connectivity index (χ3v) is 4.46. The van der Waals surface area contributed by atoms with E-state index in [1.54, 1.807) is 12.4 Å². The van der Waals surface area contributed by atoms with Gasteiger partial charge in [0, 0.05) is 12.4 Å². The van der Waals surface area contributed by atoms with Gasteiger partial charge in [0.2, 0.25) is 5.91 Å². The summed E-state index contributed by atoms with van der Waals surface area (Å²) in [6, 6.07) is 3.56. The van der Waals surface area contributed by atoms with Crippen molar-refractivity contribution in [2.75, 3.05) is 0 Å². The van der Waals surface area contributed by atoms with Crippen molar-refractivity contribution in [3.8, 4) is 0 Å². The van der Waals surface area contributed by atoms with Crippen LogP contribution in [0, 0.1) is 17.8 Å². The predicted octanol–water partition coefficient (Wildman–Crippen LogP) is 2.40. The maximum atomic E-state index is 12.4. The topological polar surface area (TPSA) is 79.3 Å². The van der Waals surface area contributed by atoms with Crippen LogP contribution in [0.15, 0.2) is 24.5 Å². The molecule has 1 amide bonds. The van der Waals surface area contributed by atoms with Gasteiger partial charge in [-0.25, -0.2) is 0 Å². The number of aliphatic carboxylic acids is 1. The summed E-state index contributed by atoms with van der Waals surface area (Å²) in [6.45, 7) is 3.94. The van der Waals surface area contributed by atoms with Crippen molar-refractivity contribution in [2.24, 2.45) is 17.8 Å². The van der Waals surface area contributed by atoms with Crippen molar-refractivity contribution >= 4 is 11.9 Å². The Morgan fingerprint density at radius 1 is 1.33 bits per heavy atom. The number of nitrogens with zero attached hydrogens (tertiary/aromatic N) is 1. The number of pyridine rings is 1. The molecule has 21 heavy (non-hydrogen) atoms. The van der Waals surface area contributed by atoms with Crippen molar-refractivity contribution < 1.29 is 14.7 Å².